The number of esters is 1. The summed E-state index contributed by atoms with van der Waals surface area (Å²) in [6.07, 6.45) is -4.04. The molecule has 1 saturated heterocycles. The van der Waals surface area contributed by atoms with Gasteiger partial charge in [0.05, 0.1) is 12.0 Å². The van der Waals surface area contributed by atoms with Crippen LogP contribution < -0.4 is 5.32 Å². The van der Waals surface area contributed by atoms with Gasteiger partial charge >= 0.3 is 18.2 Å². The summed E-state index contributed by atoms with van der Waals surface area (Å²) >= 11 is 0. The van der Waals surface area contributed by atoms with Crippen molar-refractivity contribution in [3.8, 4) is 0 Å². The maximum absolute atomic E-state index is 11.9. The highest BCUT2D eigenvalue weighted by Gasteiger charge is 2.37. The molecule has 0 aliphatic carbocycles. The van der Waals surface area contributed by atoms with E-state index in [2.05, 4.69) is 15.0 Å². The van der Waals surface area contributed by atoms with Crippen LogP contribution in [0.5, 0.6) is 0 Å². The fraction of sp³-hybridized carbons (Fsp3) is 0.579. The lowest BCUT2D eigenvalue weighted by Gasteiger charge is -2.34. The molecule has 1 aromatic carbocycles. The van der Waals surface area contributed by atoms with E-state index in [4.69, 9.17) is 4.74 Å². The van der Waals surface area contributed by atoms with Crippen LogP contribution in [-0.2, 0) is 20.8 Å². The van der Waals surface area contributed by atoms with E-state index in [9.17, 15) is 22.8 Å². The lowest BCUT2D eigenvalue weighted by atomic mass is 9.99. The van der Waals surface area contributed by atoms with Crippen LogP contribution in [0.4, 0.5) is 18.0 Å². The van der Waals surface area contributed by atoms with Crippen LogP contribution in [0.1, 0.15) is 31.7 Å². The minimum Gasteiger partial charge on any atom is -0.464 e. The van der Waals surface area contributed by atoms with Gasteiger partial charge in [0.15, 0.2) is 6.61 Å². The molecule has 1 aliphatic heterocycles. The van der Waals surface area contributed by atoms with Crippen LogP contribution in [-0.4, -0.2) is 55.0 Å². The second-order valence-corrected chi connectivity index (χ2v) is 7.04. The van der Waals surface area contributed by atoms with Crippen molar-refractivity contribution in [2.75, 3.05) is 26.3 Å². The van der Waals surface area contributed by atoms with Gasteiger partial charge in [-0.2, -0.15) is 13.2 Å². The molecule has 1 aromatic rings. The topological polar surface area (TPSA) is 67.9 Å². The predicted molar refractivity (Wildman–Crippen MR) is 95.5 cm³/mol. The highest BCUT2D eigenvalue weighted by atomic mass is 19.4. The van der Waals surface area contributed by atoms with Gasteiger partial charge in [-0.05, 0) is 31.9 Å². The molecular weight excluding hydrogens is 377 g/mol. The van der Waals surface area contributed by atoms with Crippen molar-refractivity contribution < 1.29 is 32.2 Å². The molecule has 1 N–H and O–H groups in total. The number of likely N-dealkylation sites (tertiary alicyclic amines) is 1. The lowest BCUT2D eigenvalue weighted by Crippen LogP contribution is -2.45. The van der Waals surface area contributed by atoms with Crippen molar-refractivity contribution in [1.29, 1.82) is 0 Å². The van der Waals surface area contributed by atoms with E-state index in [1.807, 2.05) is 37.3 Å². The van der Waals surface area contributed by atoms with E-state index < -0.39 is 24.8 Å². The van der Waals surface area contributed by atoms with Crippen molar-refractivity contribution in [3.05, 3.63) is 35.9 Å². The Labute approximate surface area is 162 Å². The first-order valence-corrected chi connectivity index (χ1v) is 9.10. The molecular formula is C19H25F3N2O4. The number of alkyl halides is 3. The van der Waals surface area contributed by atoms with E-state index >= 15 is 0 Å². The minimum absolute atomic E-state index is 0.143. The molecule has 0 bridgehead atoms. The zero-order chi connectivity index (χ0) is 20.6. The average molecular weight is 402 g/mol. The Morgan fingerprint density at radius 2 is 1.93 bits per heavy atom. The molecule has 9 heteroatoms. The molecule has 0 aromatic heterocycles. The second kappa shape index (κ2) is 9.77. The molecule has 1 fully saturated rings. The fourth-order valence-corrected chi connectivity index (χ4v) is 3.09. The molecule has 28 heavy (non-hydrogen) atoms. The summed E-state index contributed by atoms with van der Waals surface area (Å²) in [4.78, 5) is 25.3. The normalized spacial score (nSPS) is 20.0. The van der Waals surface area contributed by atoms with E-state index in [0.29, 0.717) is 0 Å². The van der Waals surface area contributed by atoms with Gasteiger partial charge in [-0.25, -0.2) is 4.79 Å². The van der Waals surface area contributed by atoms with Gasteiger partial charge in [0.25, 0.3) is 0 Å². The molecule has 6 nitrogen and oxygen atoms in total. The number of ether oxygens (including phenoxy) is 2. The van der Waals surface area contributed by atoms with E-state index in [1.54, 1.807) is 0 Å². The number of rotatable bonds is 8. The summed E-state index contributed by atoms with van der Waals surface area (Å²) in [7, 11) is 0. The summed E-state index contributed by atoms with van der Waals surface area (Å²) < 4.78 is 45.1. The van der Waals surface area contributed by atoms with Gasteiger partial charge in [0.1, 0.15) is 6.61 Å². The summed E-state index contributed by atoms with van der Waals surface area (Å²) in [5, 5.41) is 2.09. The van der Waals surface area contributed by atoms with Crippen molar-refractivity contribution in [2.24, 2.45) is 0 Å². The van der Waals surface area contributed by atoms with E-state index in [1.165, 1.54) is 5.56 Å². The zero-order valence-electron chi connectivity index (χ0n) is 15.8. The number of hydrogen-bond acceptors (Lipinski definition) is 5. The van der Waals surface area contributed by atoms with Crippen LogP contribution in [0, 0.1) is 0 Å². The Bertz CT molecular complexity index is 654. The summed E-state index contributed by atoms with van der Waals surface area (Å²) in [6, 6.07) is 10.0. The molecule has 0 unspecified atom stereocenters. The van der Waals surface area contributed by atoms with Crippen molar-refractivity contribution in [2.45, 2.75) is 44.4 Å². The number of nitrogens with zero attached hydrogens (tertiary/aromatic N) is 1. The second-order valence-electron chi connectivity index (χ2n) is 7.04. The quantitative estimate of drug-likeness (QED) is 0.676. The van der Waals surface area contributed by atoms with Gasteiger partial charge in [0, 0.05) is 13.1 Å². The number of halogens is 3. The van der Waals surface area contributed by atoms with Crippen LogP contribution >= 0.6 is 0 Å². The Morgan fingerprint density at radius 3 is 2.61 bits per heavy atom. The molecule has 156 valence electrons. The molecule has 1 amide bonds. The molecule has 0 radical (unpaired) electrons. The molecule has 1 aliphatic rings. The average Bonchev–Trinajstić information content (AvgIpc) is 2.99. The highest BCUT2D eigenvalue weighted by Crippen LogP contribution is 2.31. The number of alkyl carbamates (subject to hydrolysis) is 1. The Hall–Kier alpha value is -2.29. The Kier molecular flexibility index (Phi) is 7.68. The van der Waals surface area contributed by atoms with Gasteiger partial charge in [-0.3, -0.25) is 9.69 Å². The third-order valence-corrected chi connectivity index (χ3v) is 4.63. The third kappa shape index (κ3) is 7.38. The SMILES string of the molecule is C[C@]1(COC(=O)CCNC(=O)OCC(F)(F)F)CCCN1Cc1ccccc1. The van der Waals surface area contributed by atoms with Gasteiger partial charge in [0.2, 0.25) is 0 Å². The maximum Gasteiger partial charge on any atom is 0.422 e. The zero-order valence-corrected chi connectivity index (χ0v) is 15.8. The summed E-state index contributed by atoms with van der Waals surface area (Å²) in [5.41, 5.74) is 0.911. The number of amides is 1. The molecule has 2 rings (SSSR count). The van der Waals surface area contributed by atoms with Crippen molar-refractivity contribution >= 4 is 12.1 Å². The Morgan fingerprint density at radius 1 is 1.21 bits per heavy atom. The van der Waals surface area contributed by atoms with Crippen LogP contribution in [0.2, 0.25) is 0 Å². The molecule has 1 heterocycles. The first kappa shape index (κ1) is 22.0. The smallest absolute Gasteiger partial charge is 0.422 e. The van der Waals surface area contributed by atoms with Crippen molar-refractivity contribution in [1.82, 2.24) is 10.2 Å². The molecule has 0 saturated carbocycles. The number of carbonyl (C=O) groups excluding carboxylic acids is 2. The third-order valence-electron chi connectivity index (χ3n) is 4.63. The first-order chi connectivity index (χ1) is 13.2. The number of benzene rings is 1. The van der Waals surface area contributed by atoms with Crippen LogP contribution in [0.3, 0.4) is 0 Å². The van der Waals surface area contributed by atoms with Crippen molar-refractivity contribution in [3.63, 3.8) is 0 Å². The summed E-state index contributed by atoms with van der Waals surface area (Å²) in [5.74, 6) is -0.524. The highest BCUT2D eigenvalue weighted by molar-refractivity contribution is 5.71. The van der Waals surface area contributed by atoms with E-state index in [0.717, 1.165) is 25.9 Å². The van der Waals surface area contributed by atoms with Gasteiger partial charge < -0.3 is 14.8 Å². The Balaban J connectivity index is 1.70. The summed E-state index contributed by atoms with van der Waals surface area (Å²) in [6.45, 7) is 2.12. The lowest BCUT2D eigenvalue weighted by molar-refractivity contribution is -0.160. The van der Waals surface area contributed by atoms with Crippen LogP contribution in [0.25, 0.3) is 0 Å². The first-order valence-electron chi connectivity index (χ1n) is 9.10. The molecule has 1 atom stereocenters. The monoisotopic (exact) mass is 402 g/mol. The molecule has 0 spiro atoms. The number of nitrogens with one attached hydrogen (secondary N) is 1. The maximum atomic E-state index is 11.9. The minimum atomic E-state index is -4.58. The number of carbonyl (C=O) groups is 2. The van der Waals surface area contributed by atoms with Gasteiger partial charge in [-0.1, -0.05) is 30.3 Å². The standard InChI is InChI=1S/C19H25F3N2O4/c1-18(9-5-11-24(18)12-15-6-3-2-4-7-15)13-27-16(25)8-10-23-17(26)28-14-19(20,21)22/h2-4,6-7H,5,8-14H2,1H3,(H,23,26)/t18-/m1/s1. The van der Waals surface area contributed by atoms with Gasteiger partial charge in [-0.15, -0.1) is 0 Å². The van der Waals surface area contributed by atoms with E-state index in [-0.39, 0.29) is 25.1 Å². The largest absolute Gasteiger partial charge is 0.464 e. The van der Waals surface area contributed by atoms with Crippen LogP contribution in [0.15, 0.2) is 30.3 Å². The fourth-order valence-electron chi connectivity index (χ4n) is 3.09. The predicted octanol–water partition coefficient (Wildman–Crippen LogP) is 3.26. The number of hydrogen-bond donors (Lipinski definition) is 1.